The molecule has 0 spiro atoms. The maximum absolute atomic E-state index is 5.63. The van der Waals surface area contributed by atoms with E-state index in [4.69, 9.17) is 26.4 Å². The molecule has 29 heavy (non-hydrogen) atoms. The van der Waals surface area contributed by atoms with Crippen molar-refractivity contribution in [2.45, 2.75) is 20.1 Å². The molecule has 7 nitrogen and oxygen atoms in total. The first kappa shape index (κ1) is 20.9. The molecule has 1 unspecified atom stereocenters. The Hall–Kier alpha value is -2.84. The van der Waals surface area contributed by atoms with Gasteiger partial charge in [-0.15, -0.1) is 0 Å². The highest BCUT2D eigenvalue weighted by Crippen LogP contribution is 2.27. The summed E-state index contributed by atoms with van der Waals surface area (Å²) >= 11 is 5.63. The quantitative estimate of drug-likeness (QED) is 0.544. The molecule has 0 aliphatic rings. The van der Waals surface area contributed by atoms with E-state index in [9.17, 15) is 0 Å². The van der Waals surface area contributed by atoms with Crippen molar-refractivity contribution in [2.24, 2.45) is 0 Å². The average molecular weight is 416 g/mol. The van der Waals surface area contributed by atoms with Crippen molar-refractivity contribution in [1.82, 2.24) is 14.3 Å². The number of hydrogen-bond acceptors (Lipinski definition) is 5. The van der Waals surface area contributed by atoms with Gasteiger partial charge in [0.25, 0.3) is 0 Å². The molecule has 0 amide bonds. The minimum Gasteiger partial charge on any atom is -0.497 e. The van der Waals surface area contributed by atoms with Crippen LogP contribution in [0.15, 0.2) is 48.8 Å². The molecule has 0 fully saturated rings. The lowest BCUT2D eigenvalue weighted by atomic mass is 10.2. The van der Waals surface area contributed by atoms with Crippen LogP contribution in [0.1, 0.15) is 12.5 Å². The van der Waals surface area contributed by atoms with E-state index in [0.717, 1.165) is 35.0 Å². The Morgan fingerprint density at radius 1 is 1.07 bits per heavy atom. The first-order valence-electron chi connectivity index (χ1n) is 9.45. The molecular weight excluding hydrogens is 388 g/mol. The molecular formula is C21H27N4O3S+. The molecule has 154 valence electrons. The number of nitrogens with zero attached hydrogens (tertiary/aromatic N) is 3. The summed E-state index contributed by atoms with van der Waals surface area (Å²) < 4.78 is 20.7. The summed E-state index contributed by atoms with van der Waals surface area (Å²) in [6.45, 7) is 4.01. The van der Waals surface area contributed by atoms with Crippen LogP contribution in [0.2, 0.25) is 0 Å². The lowest BCUT2D eigenvalue weighted by Gasteiger charge is -2.15. The molecule has 8 heteroatoms. The summed E-state index contributed by atoms with van der Waals surface area (Å²) in [5, 5.41) is 4.47. The maximum atomic E-state index is 5.63. The van der Waals surface area contributed by atoms with Gasteiger partial charge in [0.1, 0.15) is 18.6 Å². The summed E-state index contributed by atoms with van der Waals surface area (Å²) in [4.78, 5) is 1.24. The fourth-order valence-electron chi connectivity index (χ4n) is 3.14. The van der Waals surface area contributed by atoms with Gasteiger partial charge < -0.3 is 19.1 Å². The van der Waals surface area contributed by atoms with E-state index in [1.54, 1.807) is 20.5 Å². The highest BCUT2D eigenvalue weighted by Gasteiger charge is 2.12. The van der Waals surface area contributed by atoms with Crippen molar-refractivity contribution in [3.63, 3.8) is 0 Å². The summed E-state index contributed by atoms with van der Waals surface area (Å²) in [6.07, 6.45) is 1.74. The largest absolute Gasteiger partial charge is 0.497 e. The molecule has 2 aromatic carbocycles. The Balaban J connectivity index is 1.72. The van der Waals surface area contributed by atoms with Gasteiger partial charge in [0, 0.05) is 11.6 Å². The number of hydrogen-bond donors (Lipinski definition) is 1. The Bertz CT molecular complexity index is 1020. The normalized spacial score (nSPS) is 11.9. The zero-order chi connectivity index (χ0) is 20.8. The lowest BCUT2D eigenvalue weighted by molar-refractivity contribution is -0.917. The predicted octanol–water partition coefficient (Wildman–Crippen LogP) is 2.49. The number of ether oxygens (including phenoxy) is 3. The van der Waals surface area contributed by atoms with Crippen molar-refractivity contribution in [1.29, 1.82) is 0 Å². The van der Waals surface area contributed by atoms with Crippen LogP contribution in [-0.2, 0) is 13.2 Å². The van der Waals surface area contributed by atoms with Gasteiger partial charge in [0.2, 0.25) is 4.77 Å². The molecule has 3 aromatic rings. The van der Waals surface area contributed by atoms with Crippen molar-refractivity contribution < 1.29 is 19.1 Å². The van der Waals surface area contributed by atoms with Crippen LogP contribution in [-0.4, -0.2) is 42.2 Å². The third-order valence-electron chi connectivity index (χ3n) is 4.52. The number of benzene rings is 2. The van der Waals surface area contributed by atoms with E-state index in [1.165, 1.54) is 4.90 Å². The Kier molecular flexibility index (Phi) is 6.90. The van der Waals surface area contributed by atoms with Gasteiger partial charge in [-0.2, -0.15) is 9.78 Å². The highest BCUT2D eigenvalue weighted by molar-refractivity contribution is 7.71. The zero-order valence-corrected chi connectivity index (χ0v) is 18.0. The third kappa shape index (κ3) is 4.96. The molecule has 1 heterocycles. The van der Waals surface area contributed by atoms with Gasteiger partial charge in [-0.1, -0.05) is 6.07 Å². The van der Waals surface area contributed by atoms with Crippen LogP contribution < -0.4 is 19.1 Å². The van der Waals surface area contributed by atoms with Gasteiger partial charge in [-0.25, -0.2) is 0 Å². The van der Waals surface area contributed by atoms with Gasteiger partial charge in [-0.3, -0.25) is 4.57 Å². The van der Waals surface area contributed by atoms with Gasteiger partial charge in [-0.05, 0) is 49.5 Å². The highest BCUT2D eigenvalue weighted by atomic mass is 32.1. The number of rotatable bonds is 9. The maximum Gasteiger partial charge on any atom is 0.207 e. The first-order chi connectivity index (χ1) is 14.0. The lowest BCUT2D eigenvalue weighted by Crippen LogP contribution is -3.07. The smallest absolute Gasteiger partial charge is 0.207 e. The second-order valence-corrected chi connectivity index (χ2v) is 7.06. The van der Waals surface area contributed by atoms with Gasteiger partial charge in [0.05, 0.1) is 33.6 Å². The molecule has 0 saturated carbocycles. The van der Waals surface area contributed by atoms with Crippen molar-refractivity contribution in [2.75, 3.05) is 27.9 Å². The fraction of sp³-hybridized carbons (Fsp3) is 0.333. The van der Waals surface area contributed by atoms with E-state index in [2.05, 4.69) is 18.2 Å². The summed E-state index contributed by atoms with van der Waals surface area (Å²) in [7, 11) is 5.41. The van der Waals surface area contributed by atoms with E-state index >= 15 is 0 Å². The standard InChI is InChI=1S/C21H26N4O3S/c1-5-28-19-10-9-16(11-20(19)27-4)13-23(2)15-25-21(29)24(14-22-25)17-7-6-8-18(12-17)26-3/h6-12,14H,5,13,15H2,1-4H3/p+1. The van der Waals surface area contributed by atoms with E-state index < -0.39 is 0 Å². The summed E-state index contributed by atoms with van der Waals surface area (Å²) in [5.41, 5.74) is 2.08. The van der Waals surface area contributed by atoms with Crippen LogP contribution in [0.3, 0.4) is 0 Å². The second kappa shape index (κ2) is 9.58. The number of quaternary nitrogens is 1. The number of aromatic nitrogens is 3. The van der Waals surface area contributed by atoms with Gasteiger partial charge in [0.15, 0.2) is 18.2 Å². The molecule has 3 rings (SSSR count). The second-order valence-electron chi connectivity index (χ2n) is 6.69. The average Bonchev–Trinajstić information content (AvgIpc) is 3.09. The minimum atomic E-state index is 0.606. The molecule has 1 atom stereocenters. The zero-order valence-electron chi connectivity index (χ0n) is 17.2. The van der Waals surface area contributed by atoms with Crippen molar-refractivity contribution in [3.05, 3.63) is 59.1 Å². The van der Waals surface area contributed by atoms with Crippen molar-refractivity contribution in [3.8, 4) is 22.9 Å². The molecule has 0 bridgehead atoms. The molecule has 0 saturated heterocycles. The van der Waals surface area contributed by atoms with Crippen LogP contribution >= 0.6 is 12.2 Å². The summed E-state index contributed by atoms with van der Waals surface area (Å²) in [5.74, 6) is 2.29. The Morgan fingerprint density at radius 2 is 1.90 bits per heavy atom. The minimum absolute atomic E-state index is 0.606. The van der Waals surface area contributed by atoms with Crippen LogP contribution in [0.5, 0.6) is 17.2 Å². The molecule has 1 aromatic heterocycles. The SMILES string of the molecule is CCOc1ccc(C[NH+](C)Cn2ncn(-c3cccc(OC)c3)c2=S)cc1OC. The summed E-state index contributed by atoms with van der Waals surface area (Å²) in [6, 6.07) is 13.8. The number of nitrogens with one attached hydrogen (secondary N) is 1. The van der Waals surface area contributed by atoms with E-state index in [-0.39, 0.29) is 0 Å². The van der Waals surface area contributed by atoms with Crippen LogP contribution in [0.25, 0.3) is 5.69 Å². The Labute approximate surface area is 176 Å². The van der Waals surface area contributed by atoms with E-state index in [1.807, 2.05) is 52.6 Å². The van der Waals surface area contributed by atoms with Crippen LogP contribution in [0.4, 0.5) is 0 Å². The molecule has 0 radical (unpaired) electrons. The molecule has 1 N–H and O–H groups in total. The van der Waals surface area contributed by atoms with Crippen molar-refractivity contribution >= 4 is 12.2 Å². The topological polar surface area (TPSA) is 54.9 Å². The molecule has 0 aliphatic heterocycles. The number of methoxy groups -OCH3 is 2. The van der Waals surface area contributed by atoms with E-state index in [0.29, 0.717) is 18.0 Å². The first-order valence-corrected chi connectivity index (χ1v) is 9.86. The third-order valence-corrected chi connectivity index (χ3v) is 4.93. The fourth-order valence-corrected chi connectivity index (χ4v) is 3.40. The molecule has 0 aliphatic carbocycles. The van der Waals surface area contributed by atoms with Gasteiger partial charge >= 0.3 is 0 Å². The van der Waals surface area contributed by atoms with Crippen LogP contribution in [0, 0.1) is 4.77 Å². The predicted molar refractivity (Wildman–Crippen MR) is 114 cm³/mol. The Morgan fingerprint density at radius 3 is 2.62 bits per heavy atom. The monoisotopic (exact) mass is 415 g/mol.